The Bertz CT molecular complexity index is 1860. The van der Waals surface area contributed by atoms with Crippen LogP contribution in [0.3, 0.4) is 0 Å². The third-order valence-corrected chi connectivity index (χ3v) is 7.82. The SMILES string of the molecule is C[C@@]1(c2ccc(Cl)cc2F)Oc2cccc(-c3cnc(Cc4nc5ccc(C(=O)O)cc5n4C[C@@H]4CCO4)nc3)c2O1. The molecule has 0 radical (unpaired) electrons. The summed E-state index contributed by atoms with van der Waals surface area (Å²) in [5, 5.41) is 9.77. The molecule has 5 aromatic rings. The minimum atomic E-state index is -1.38. The van der Waals surface area contributed by atoms with E-state index in [9.17, 15) is 14.3 Å². The molecule has 1 saturated heterocycles. The Kier molecular flexibility index (Phi) is 6.32. The van der Waals surface area contributed by atoms with Gasteiger partial charge in [-0.25, -0.2) is 24.1 Å². The zero-order valence-electron chi connectivity index (χ0n) is 22.4. The number of hydrogen-bond acceptors (Lipinski definition) is 7. The Labute approximate surface area is 244 Å². The summed E-state index contributed by atoms with van der Waals surface area (Å²) in [5.41, 5.74) is 3.25. The second kappa shape index (κ2) is 10.1. The van der Waals surface area contributed by atoms with Crippen LogP contribution in [0.4, 0.5) is 4.39 Å². The van der Waals surface area contributed by atoms with Crippen molar-refractivity contribution < 1.29 is 28.5 Å². The van der Waals surface area contributed by atoms with E-state index in [1.807, 2.05) is 16.7 Å². The number of benzene rings is 3. The maximum absolute atomic E-state index is 14.8. The molecular weight excluding hydrogens is 563 g/mol. The van der Waals surface area contributed by atoms with E-state index in [1.54, 1.807) is 55.7 Å². The lowest BCUT2D eigenvalue weighted by Crippen LogP contribution is -2.32. The van der Waals surface area contributed by atoms with E-state index >= 15 is 0 Å². The van der Waals surface area contributed by atoms with E-state index < -0.39 is 17.6 Å². The number of imidazole rings is 1. The molecule has 212 valence electrons. The molecule has 2 aliphatic heterocycles. The summed E-state index contributed by atoms with van der Waals surface area (Å²) in [6.07, 6.45) is 4.71. The van der Waals surface area contributed by atoms with Crippen LogP contribution >= 0.6 is 11.6 Å². The number of carbonyl (C=O) groups is 1. The van der Waals surface area contributed by atoms with E-state index in [1.165, 1.54) is 6.07 Å². The minimum Gasteiger partial charge on any atom is -0.478 e. The van der Waals surface area contributed by atoms with Crippen molar-refractivity contribution in [3.63, 3.8) is 0 Å². The molecule has 9 nitrogen and oxygen atoms in total. The summed E-state index contributed by atoms with van der Waals surface area (Å²) in [4.78, 5) is 25.6. The third kappa shape index (κ3) is 4.62. The molecule has 42 heavy (non-hydrogen) atoms. The smallest absolute Gasteiger partial charge is 0.335 e. The van der Waals surface area contributed by atoms with E-state index in [2.05, 4.69) is 9.97 Å². The molecule has 0 unspecified atom stereocenters. The van der Waals surface area contributed by atoms with Gasteiger partial charge in [0.05, 0.1) is 41.2 Å². The van der Waals surface area contributed by atoms with Crippen LogP contribution in [0.25, 0.3) is 22.2 Å². The number of para-hydroxylation sites is 1. The molecule has 0 amide bonds. The molecule has 11 heteroatoms. The van der Waals surface area contributed by atoms with Gasteiger partial charge in [0, 0.05) is 42.1 Å². The maximum atomic E-state index is 14.8. The molecule has 0 spiro atoms. The molecule has 0 bridgehead atoms. The number of hydrogen-bond donors (Lipinski definition) is 1. The van der Waals surface area contributed by atoms with Gasteiger partial charge in [-0.2, -0.15) is 0 Å². The van der Waals surface area contributed by atoms with Gasteiger partial charge >= 0.3 is 5.97 Å². The molecule has 4 heterocycles. The van der Waals surface area contributed by atoms with Crippen molar-refractivity contribution in [3.05, 3.63) is 101 Å². The largest absolute Gasteiger partial charge is 0.478 e. The lowest BCUT2D eigenvalue weighted by atomic mass is 10.1. The summed E-state index contributed by atoms with van der Waals surface area (Å²) in [6.45, 7) is 2.93. The van der Waals surface area contributed by atoms with E-state index in [0.717, 1.165) is 11.9 Å². The highest BCUT2D eigenvalue weighted by molar-refractivity contribution is 6.30. The fourth-order valence-electron chi connectivity index (χ4n) is 5.32. The van der Waals surface area contributed by atoms with Crippen molar-refractivity contribution >= 4 is 28.6 Å². The molecule has 0 aliphatic carbocycles. The number of ether oxygens (including phenoxy) is 3. The predicted molar refractivity (Wildman–Crippen MR) is 151 cm³/mol. The zero-order valence-corrected chi connectivity index (χ0v) is 23.1. The number of carboxylic acids is 1. The number of carboxylic acid groups (broad SMARTS) is 1. The summed E-state index contributed by atoms with van der Waals surface area (Å²) >= 11 is 5.94. The van der Waals surface area contributed by atoms with Crippen molar-refractivity contribution in [1.29, 1.82) is 0 Å². The van der Waals surface area contributed by atoms with Gasteiger partial charge in [0.1, 0.15) is 17.5 Å². The molecule has 2 aliphatic rings. The van der Waals surface area contributed by atoms with Gasteiger partial charge in [0.2, 0.25) is 0 Å². The zero-order chi connectivity index (χ0) is 29.0. The second-order valence-electron chi connectivity index (χ2n) is 10.4. The predicted octanol–water partition coefficient (Wildman–Crippen LogP) is 6.01. The molecule has 1 N–H and O–H groups in total. The monoisotopic (exact) mass is 586 g/mol. The van der Waals surface area contributed by atoms with Crippen LogP contribution in [-0.2, 0) is 23.5 Å². The van der Waals surface area contributed by atoms with Crippen molar-refractivity contribution in [2.45, 2.75) is 38.2 Å². The van der Waals surface area contributed by atoms with Crippen molar-refractivity contribution in [1.82, 2.24) is 19.5 Å². The molecule has 0 saturated carbocycles. The van der Waals surface area contributed by atoms with Crippen LogP contribution in [0.1, 0.15) is 40.9 Å². The number of rotatable bonds is 7. The topological polar surface area (TPSA) is 109 Å². The summed E-state index contributed by atoms with van der Waals surface area (Å²) in [6, 6.07) is 14.7. The Hall–Kier alpha value is -4.54. The van der Waals surface area contributed by atoms with Crippen LogP contribution in [-0.4, -0.2) is 43.3 Å². The number of aromatic carboxylic acids is 1. The van der Waals surface area contributed by atoms with Gasteiger partial charge in [0.15, 0.2) is 11.5 Å². The quantitative estimate of drug-likeness (QED) is 0.247. The van der Waals surface area contributed by atoms with Gasteiger partial charge in [0.25, 0.3) is 5.79 Å². The molecule has 7 rings (SSSR count). The van der Waals surface area contributed by atoms with Crippen LogP contribution < -0.4 is 9.47 Å². The van der Waals surface area contributed by atoms with Gasteiger partial charge in [-0.3, -0.25) is 0 Å². The molecule has 3 aromatic carbocycles. The van der Waals surface area contributed by atoms with Gasteiger partial charge in [-0.15, -0.1) is 0 Å². The normalized spacial score (nSPS) is 19.2. The number of fused-ring (bicyclic) bond motifs is 2. The van der Waals surface area contributed by atoms with Crippen molar-refractivity contribution in [2.75, 3.05) is 6.61 Å². The fourth-order valence-corrected chi connectivity index (χ4v) is 5.48. The molecular formula is C31H24ClFN4O5. The standard InChI is InChI=1S/C31H24ClFN4O5/c1-31(22-7-6-19(32)12-23(22)33)41-26-4-2-3-21(29(26)42-31)18-14-34-27(35-15-18)13-28-36-24-8-5-17(30(38)39)11-25(24)37(28)16-20-9-10-40-20/h2-8,11-12,14-15,20H,9-10,13,16H2,1H3,(H,38,39)/t20-,31+/m0/s1. The Morgan fingerprint density at radius 1 is 1.14 bits per heavy atom. The van der Waals surface area contributed by atoms with E-state index in [-0.39, 0.29) is 22.3 Å². The number of aromatic nitrogens is 4. The average Bonchev–Trinajstić information content (AvgIpc) is 3.47. The summed E-state index contributed by atoms with van der Waals surface area (Å²) in [7, 11) is 0. The Morgan fingerprint density at radius 2 is 1.95 bits per heavy atom. The van der Waals surface area contributed by atoms with Crippen molar-refractivity contribution in [3.8, 4) is 22.6 Å². The molecule has 2 atom stereocenters. The highest BCUT2D eigenvalue weighted by Crippen LogP contribution is 2.49. The van der Waals surface area contributed by atoms with Crippen LogP contribution in [0.5, 0.6) is 11.5 Å². The number of halogens is 2. The first-order valence-electron chi connectivity index (χ1n) is 13.4. The minimum absolute atomic E-state index is 0.0485. The average molecular weight is 587 g/mol. The number of nitrogens with zero attached hydrogens (tertiary/aromatic N) is 4. The van der Waals surface area contributed by atoms with Gasteiger partial charge in [-0.1, -0.05) is 23.7 Å². The lowest BCUT2D eigenvalue weighted by molar-refractivity contribution is -0.0705. The third-order valence-electron chi connectivity index (χ3n) is 7.59. The first-order chi connectivity index (χ1) is 20.3. The Balaban J connectivity index is 1.17. The summed E-state index contributed by atoms with van der Waals surface area (Å²) in [5.74, 6) is -0.706. The Morgan fingerprint density at radius 3 is 2.67 bits per heavy atom. The van der Waals surface area contributed by atoms with E-state index in [0.29, 0.717) is 59.4 Å². The maximum Gasteiger partial charge on any atom is 0.335 e. The highest BCUT2D eigenvalue weighted by atomic mass is 35.5. The van der Waals surface area contributed by atoms with Crippen LogP contribution in [0, 0.1) is 5.82 Å². The lowest BCUT2D eigenvalue weighted by Gasteiger charge is -2.27. The molecule has 1 fully saturated rings. The first kappa shape index (κ1) is 26.4. The van der Waals surface area contributed by atoms with Crippen LogP contribution in [0.15, 0.2) is 67.0 Å². The second-order valence-corrected chi connectivity index (χ2v) is 10.8. The van der Waals surface area contributed by atoms with Gasteiger partial charge in [-0.05, 0) is 48.9 Å². The fraction of sp³-hybridized carbons (Fsp3) is 0.226. The summed E-state index contributed by atoms with van der Waals surface area (Å²) < 4.78 is 34.7. The van der Waals surface area contributed by atoms with Gasteiger partial charge < -0.3 is 23.9 Å². The van der Waals surface area contributed by atoms with Crippen LogP contribution in [0.2, 0.25) is 5.02 Å². The van der Waals surface area contributed by atoms with Crippen molar-refractivity contribution in [2.24, 2.45) is 0 Å². The van der Waals surface area contributed by atoms with E-state index in [4.69, 9.17) is 30.8 Å². The highest BCUT2D eigenvalue weighted by Gasteiger charge is 2.42. The molecule has 2 aromatic heterocycles. The first-order valence-corrected chi connectivity index (χ1v) is 13.8.